The van der Waals surface area contributed by atoms with Gasteiger partial charge in [-0.1, -0.05) is 0 Å². The van der Waals surface area contributed by atoms with Gasteiger partial charge in [-0.25, -0.2) is 9.59 Å². The van der Waals surface area contributed by atoms with Gasteiger partial charge < -0.3 is 14.9 Å². The number of ether oxygens (including phenoxy) is 1. The molecule has 0 aliphatic heterocycles. The lowest BCUT2D eigenvalue weighted by Gasteiger charge is -2.02. The lowest BCUT2D eigenvalue weighted by molar-refractivity contribution is -0.131. The molecule has 1 rings (SSSR count). The third-order valence-electron chi connectivity index (χ3n) is 1.85. The first-order valence-electron chi connectivity index (χ1n) is 4.37. The number of aromatic hydroxyl groups is 1. The molecular weight excluding hydrogens is 212 g/mol. The zero-order valence-electron chi connectivity index (χ0n) is 8.51. The van der Waals surface area contributed by atoms with Crippen LogP contribution >= 0.6 is 0 Å². The minimum Gasteiger partial charge on any atom is -0.507 e. The van der Waals surface area contributed by atoms with Crippen LogP contribution in [-0.4, -0.2) is 29.3 Å². The molecule has 0 spiro atoms. The molecule has 0 atom stereocenters. The van der Waals surface area contributed by atoms with E-state index in [2.05, 4.69) is 4.74 Å². The lowest BCUT2D eigenvalue weighted by Crippen LogP contribution is -2.01. The molecule has 1 aromatic carbocycles. The fraction of sp³-hybridized carbons (Fsp3) is 0.0909. The maximum absolute atomic E-state index is 11.2. The summed E-state index contributed by atoms with van der Waals surface area (Å²) in [4.78, 5) is 21.5. The highest BCUT2D eigenvalue weighted by atomic mass is 16.5. The van der Waals surface area contributed by atoms with Crippen molar-refractivity contribution in [1.29, 1.82) is 0 Å². The van der Waals surface area contributed by atoms with E-state index in [0.717, 1.165) is 6.08 Å². The first kappa shape index (κ1) is 11.8. The average molecular weight is 222 g/mol. The van der Waals surface area contributed by atoms with Gasteiger partial charge in [-0.15, -0.1) is 0 Å². The van der Waals surface area contributed by atoms with E-state index >= 15 is 0 Å². The van der Waals surface area contributed by atoms with Crippen molar-refractivity contribution in [1.82, 2.24) is 0 Å². The molecule has 0 amide bonds. The first-order chi connectivity index (χ1) is 7.54. The SMILES string of the molecule is COC(=O)c1ccc(O)c(C=CC(=O)O)c1. The van der Waals surface area contributed by atoms with E-state index in [1.54, 1.807) is 0 Å². The van der Waals surface area contributed by atoms with Crippen molar-refractivity contribution in [3.8, 4) is 5.75 Å². The van der Waals surface area contributed by atoms with Crippen molar-refractivity contribution in [3.05, 3.63) is 35.4 Å². The van der Waals surface area contributed by atoms with Crippen molar-refractivity contribution in [2.45, 2.75) is 0 Å². The molecule has 0 aliphatic carbocycles. The van der Waals surface area contributed by atoms with Crippen LogP contribution in [0.5, 0.6) is 5.75 Å². The zero-order valence-corrected chi connectivity index (χ0v) is 8.51. The number of benzene rings is 1. The maximum atomic E-state index is 11.2. The van der Waals surface area contributed by atoms with Crippen molar-refractivity contribution in [3.63, 3.8) is 0 Å². The topological polar surface area (TPSA) is 83.8 Å². The van der Waals surface area contributed by atoms with Crippen LogP contribution in [-0.2, 0) is 9.53 Å². The van der Waals surface area contributed by atoms with Gasteiger partial charge in [-0.2, -0.15) is 0 Å². The van der Waals surface area contributed by atoms with Crippen LogP contribution in [0.3, 0.4) is 0 Å². The molecule has 5 heteroatoms. The van der Waals surface area contributed by atoms with Crippen LogP contribution < -0.4 is 0 Å². The summed E-state index contributed by atoms with van der Waals surface area (Å²) in [6, 6.07) is 4.04. The number of carboxylic acids is 1. The van der Waals surface area contributed by atoms with E-state index in [1.807, 2.05) is 0 Å². The molecule has 2 N–H and O–H groups in total. The van der Waals surface area contributed by atoms with E-state index in [1.165, 1.54) is 31.4 Å². The van der Waals surface area contributed by atoms with Crippen LogP contribution in [0.1, 0.15) is 15.9 Å². The van der Waals surface area contributed by atoms with Gasteiger partial charge in [0, 0.05) is 11.6 Å². The van der Waals surface area contributed by atoms with Crippen LogP contribution in [0.4, 0.5) is 0 Å². The van der Waals surface area contributed by atoms with Crippen molar-refractivity contribution < 1.29 is 24.5 Å². The molecule has 84 valence electrons. The third-order valence-corrected chi connectivity index (χ3v) is 1.85. The lowest BCUT2D eigenvalue weighted by atomic mass is 10.1. The van der Waals surface area contributed by atoms with Crippen LogP contribution in [0.15, 0.2) is 24.3 Å². The molecule has 0 fully saturated rings. The number of hydrogen-bond acceptors (Lipinski definition) is 4. The summed E-state index contributed by atoms with van der Waals surface area (Å²) < 4.78 is 4.50. The number of carbonyl (C=O) groups excluding carboxylic acids is 1. The molecule has 0 aliphatic rings. The molecule has 0 saturated carbocycles. The molecule has 0 unspecified atom stereocenters. The Morgan fingerprint density at radius 2 is 2.06 bits per heavy atom. The van der Waals surface area contributed by atoms with Crippen LogP contribution in [0, 0.1) is 0 Å². The van der Waals surface area contributed by atoms with E-state index < -0.39 is 11.9 Å². The fourth-order valence-electron chi connectivity index (χ4n) is 1.09. The van der Waals surface area contributed by atoms with Crippen molar-refractivity contribution >= 4 is 18.0 Å². The van der Waals surface area contributed by atoms with E-state index in [9.17, 15) is 14.7 Å². The molecular formula is C11H10O5. The molecule has 0 bridgehead atoms. The summed E-state index contributed by atoms with van der Waals surface area (Å²) in [5.74, 6) is -1.79. The van der Waals surface area contributed by atoms with E-state index in [4.69, 9.17) is 5.11 Å². The van der Waals surface area contributed by atoms with Crippen LogP contribution in [0.2, 0.25) is 0 Å². The van der Waals surface area contributed by atoms with Gasteiger partial charge in [0.05, 0.1) is 12.7 Å². The number of phenols is 1. The monoisotopic (exact) mass is 222 g/mol. The minimum atomic E-state index is -1.14. The molecule has 1 aromatic rings. The Labute approximate surface area is 91.6 Å². The van der Waals surface area contributed by atoms with E-state index in [0.29, 0.717) is 0 Å². The summed E-state index contributed by atoms with van der Waals surface area (Å²) >= 11 is 0. The van der Waals surface area contributed by atoms with Gasteiger partial charge in [0.1, 0.15) is 5.75 Å². The summed E-state index contributed by atoms with van der Waals surface area (Å²) in [6.07, 6.45) is 2.07. The Kier molecular flexibility index (Phi) is 3.66. The highest BCUT2D eigenvalue weighted by molar-refractivity contribution is 5.91. The number of rotatable bonds is 3. The zero-order chi connectivity index (χ0) is 12.1. The molecule has 0 radical (unpaired) electrons. The Hall–Kier alpha value is -2.30. The molecule has 0 saturated heterocycles. The number of hydrogen-bond donors (Lipinski definition) is 2. The second-order valence-electron chi connectivity index (χ2n) is 2.94. The highest BCUT2D eigenvalue weighted by Crippen LogP contribution is 2.20. The summed E-state index contributed by atoms with van der Waals surface area (Å²) in [6.45, 7) is 0. The van der Waals surface area contributed by atoms with Gasteiger partial charge in [-0.05, 0) is 24.3 Å². The van der Waals surface area contributed by atoms with Gasteiger partial charge >= 0.3 is 11.9 Å². The summed E-state index contributed by atoms with van der Waals surface area (Å²) in [5.41, 5.74) is 0.482. The number of esters is 1. The summed E-state index contributed by atoms with van der Waals surface area (Å²) in [5, 5.41) is 17.8. The van der Waals surface area contributed by atoms with Gasteiger partial charge in [0.15, 0.2) is 0 Å². The largest absolute Gasteiger partial charge is 0.507 e. The highest BCUT2D eigenvalue weighted by Gasteiger charge is 2.07. The maximum Gasteiger partial charge on any atom is 0.337 e. The minimum absolute atomic E-state index is 0.106. The normalized spacial score (nSPS) is 10.3. The average Bonchev–Trinajstić information content (AvgIpc) is 2.26. The van der Waals surface area contributed by atoms with Gasteiger partial charge in [0.25, 0.3) is 0 Å². The Balaban J connectivity index is 3.08. The molecule has 5 nitrogen and oxygen atoms in total. The molecule has 16 heavy (non-hydrogen) atoms. The Bertz CT molecular complexity index is 448. The van der Waals surface area contributed by atoms with Gasteiger partial charge in [0.2, 0.25) is 0 Å². The second-order valence-corrected chi connectivity index (χ2v) is 2.94. The van der Waals surface area contributed by atoms with Gasteiger partial charge in [-0.3, -0.25) is 0 Å². The summed E-state index contributed by atoms with van der Waals surface area (Å²) in [7, 11) is 1.24. The quantitative estimate of drug-likeness (QED) is 0.594. The fourth-order valence-corrected chi connectivity index (χ4v) is 1.09. The number of phenolic OH excluding ortho intramolecular Hbond substituents is 1. The predicted molar refractivity (Wildman–Crippen MR) is 56.1 cm³/mol. The predicted octanol–water partition coefficient (Wildman–Crippen LogP) is 1.28. The number of carbonyl (C=O) groups is 2. The number of aliphatic carboxylic acids is 1. The number of carboxylic acid groups (broad SMARTS) is 1. The first-order valence-corrected chi connectivity index (χ1v) is 4.37. The standard InChI is InChI=1S/C11H10O5/c1-16-11(15)8-2-4-9(12)7(6-8)3-5-10(13)14/h2-6,12H,1H3,(H,13,14). The Morgan fingerprint density at radius 1 is 1.38 bits per heavy atom. The molecule has 0 aromatic heterocycles. The van der Waals surface area contributed by atoms with Crippen molar-refractivity contribution in [2.75, 3.05) is 7.11 Å². The number of methoxy groups -OCH3 is 1. The third kappa shape index (κ3) is 2.84. The smallest absolute Gasteiger partial charge is 0.337 e. The Morgan fingerprint density at radius 3 is 2.62 bits per heavy atom. The second kappa shape index (κ2) is 4.97. The van der Waals surface area contributed by atoms with E-state index in [-0.39, 0.29) is 16.9 Å². The van der Waals surface area contributed by atoms with Crippen molar-refractivity contribution in [2.24, 2.45) is 0 Å². The molecule has 0 heterocycles. The van der Waals surface area contributed by atoms with Crippen LogP contribution in [0.25, 0.3) is 6.08 Å².